The van der Waals surface area contributed by atoms with Gasteiger partial charge in [-0.05, 0) is 0 Å². The third kappa shape index (κ3) is 68.3. The molecule has 0 fully saturated rings. The molecule has 0 bridgehead atoms. The predicted octanol–water partition coefficient (Wildman–Crippen LogP) is -3.68. The van der Waals surface area contributed by atoms with Gasteiger partial charge in [0.15, 0.2) is 0 Å². The molecule has 8 heavy (non-hydrogen) atoms. The molecule has 0 aliphatic rings. The van der Waals surface area contributed by atoms with Crippen LogP contribution < -0.4 is 0 Å². The third-order valence-electron chi connectivity index (χ3n) is 0. The van der Waals surface area contributed by atoms with Gasteiger partial charge in [-0.2, -0.15) is 0 Å². The van der Waals surface area contributed by atoms with Crippen molar-refractivity contribution in [2.75, 3.05) is 0 Å². The molecule has 0 aliphatic carbocycles. The van der Waals surface area contributed by atoms with Crippen LogP contribution in [0.2, 0.25) is 0 Å². The summed E-state index contributed by atoms with van der Waals surface area (Å²) in [6.45, 7) is 0. The maximum absolute atomic E-state index is 8.88. The molecule has 0 rings (SSSR count). The van der Waals surface area contributed by atoms with Crippen molar-refractivity contribution < 1.29 is 19.2 Å². The normalized spacial score (nSPS) is 7.38. The van der Waals surface area contributed by atoms with Crippen LogP contribution in [-0.2, 0) is 4.57 Å². The van der Waals surface area contributed by atoms with Crippen LogP contribution in [0.1, 0.15) is 0 Å². The van der Waals surface area contributed by atoms with Crippen molar-refractivity contribution >= 4 is 87.5 Å². The molecule has 0 aromatic rings. The summed E-state index contributed by atoms with van der Waals surface area (Å²) >= 11 is 0. The topological polar surface area (TPSA) is 77.8 Å². The summed E-state index contributed by atoms with van der Waals surface area (Å²) in [5.41, 5.74) is 0. The first kappa shape index (κ1) is 22.4. The van der Waals surface area contributed by atoms with E-state index in [-0.39, 0.29) is 79.7 Å². The Hall–Kier alpha value is 2.80. The number of phosphoric acid groups is 1. The molecule has 0 atom stereocenters. The number of hydrogen-bond donors (Lipinski definition) is 3. The van der Waals surface area contributed by atoms with E-state index in [1.54, 1.807) is 0 Å². The molecule has 56 valence electrons. The average molecular weight is 731 g/mol. The zero-order valence-electron chi connectivity index (χ0n) is 3.70. The van der Waals surface area contributed by atoms with Crippen molar-refractivity contribution in [3.05, 3.63) is 0 Å². The Morgan fingerprint density at radius 3 is 0.875 bits per heavy atom. The molecule has 0 amide bonds. The van der Waals surface area contributed by atoms with Gasteiger partial charge in [-0.15, -0.1) is 0 Å². The minimum absolute atomic E-state index is 0. The Balaban J connectivity index is -0.0000000267. The molecule has 0 spiro atoms. The van der Waals surface area contributed by atoms with Crippen LogP contribution in [0.5, 0.6) is 0 Å². The summed E-state index contributed by atoms with van der Waals surface area (Å²) in [6, 6.07) is 0. The van der Waals surface area contributed by atoms with Crippen LogP contribution in [0.4, 0.5) is 0 Å². The second kappa shape index (κ2) is 9.80. The van der Waals surface area contributed by atoms with E-state index in [1.165, 1.54) is 0 Å². The van der Waals surface area contributed by atoms with E-state index in [0.29, 0.717) is 0 Å². The molecule has 0 unspecified atom stereocenters. The third-order valence-corrected chi connectivity index (χ3v) is 0. The van der Waals surface area contributed by atoms with Gasteiger partial charge in [-0.1, -0.05) is 0 Å². The van der Waals surface area contributed by atoms with E-state index in [1.807, 2.05) is 0 Å². The summed E-state index contributed by atoms with van der Waals surface area (Å²) in [6.07, 6.45) is 0. The summed E-state index contributed by atoms with van der Waals surface area (Å²) in [5, 5.41) is 0. The Labute approximate surface area is 105 Å². The van der Waals surface area contributed by atoms with E-state index in [0.717, 1.165) is 0 Å². The van der Waals surface area contributed by atoms with Gasteiger partial charge >= 0.3 is 87.5 Å². The van der Waals surface area contributed by atoms with Crippen LogP contribution >= 0.6 is 7.82 Å². The van der Waals surface area contributed by atoms with Gasteiger partial charge in [0.1, 0.15) is 0 Å². The van der Waals surface area contributed by atoms with Crippen LogP contribution in [0.3, 0.4) is 0 Å². The minimum atomic E-state index is -4.64. The number of hydrogen-bond acceptors (Lipinski definition) is 1. The Bertz CT molecular complexity index is 57.4. The van der Waals surface area contributed by atoms with Crippen molar-refractivity contribution in [2.24, 2.45) is 0 Å². The standard InChI is InChI=1S/H3O4P.3Po.6H/c1-5(2,3)4;;;;;;;;;/h(H3,1,2,3,4);;;;;;;;;. The predicted molar refractivity (Wildman–Crippen MR) is 39.9 cm³/mol. The zero-order valence-corrected chi connectivity index (χ0v) is 16.3. The molecule has 8 heteroatoms. The molecule has 0 heterocycles. The summed E-state index contributed by atoms with van der Waals surface area (Å²) in [4.78, 5) is 21.6. The molecular formula is H9O4PPo3. The molecule has 0 aromatic heterocycles. The molecular weight excluding hydrogens is 722 g/mol. The molecule has 0 aliphatic heterocycles. The molecule has 0 saturated carbocycles. The van der Waals surface area contributed by atoms with Gasteiger partial charge in [0.2, 0.25) is 0 Å². The van der Waals surface area contributed by atoms with E-state index in [2.05, 4.69) is 0 Å². The Morgan fingerprint density at radius 2 is 0.875 bits per heavy atom. The van der Waals surface area contributed by atoms with Crippen molar-refractivity contribution in [1.29, 1.82) is 0 Å². The molecule has 0 radical (unpaired) electrons. The Kier molecular flexibility index (Phi) is 27.5. The second-order valence-corrected chi connectivity index (χ2v) is 1.54. The zero-order chi connectivity index (χ0) is 4.50. The average Bonchev–Trinajstić information content (AvgIpc) is 0.722. The first-order valence-corrected chi connectivity index (χ1v) is 2.35. The van der Waals surface area contributed by atoms with Crippen LogP contribution in [0.15, 0.2) is 0 Å². The summed E-state index contributed by atoms with van der Waals surface area (Å²) in [7, 11) is -4.64. The fourth-order valence-corrected chi connectivity index (χ4v) is 0. The summed E-state index contributed by atoms with van der Waals surface area (Å²) < 4.78 is 8.88. The van der Waals surface area contributed by atoms with Crippen LogP contribution in [-0.4, -0.2) is 94.4 Å². The second-order valence-electron chi connectivity index (χ2n) is 0.513. The first-order valence-electron chi connectivity index (χ1n) is 0.783. The van der Waals surface area contributed by atoms with Gasteiger partial charge in [0, 0.05) is 0 Å². The quantitative estimate of drug-likeness (QED) is 0.225. The van der Waals surface area contributed by atoms with Gasteiger partial charge in [-0.25, -0.2) is 4.57 Å². The maximum atomic E-state index is 8.88. The van der Waals surface area contributed by atoms with Crippen molar-refractivity contribution in [3.63, 3.8) is 0 Å². The SMILES string of the molecule is O=P(O)(O)O.[PoH2].[PoH2].[PoH2]. The fourth-order valence-electron chi connectivity index (χ4n) is 0. The van der Waals surface area contributed by atoms with E-state index >= 15 is 0 Å². The van der Waals surface area contributed by atoms with Gasteiger partial charge in [-0.3, -0.25) is 0 Å². The van der Waals surface area contributed by atoms with Crippen molar-refractivity contribution in [1.82, 2.24) is 0 Å². The monoisotopic (exact) mass is 731 g/mol. The van der Waals surface area contributed by atoms with Crippen molar-refractivity contribution in [3.8, 4) is 0 Å². The number of rotatable bonds is 0. The molecule has 0 saturated heterocycles. The first-order chi connectivity index (χ1) is 2.00. The summed E-state index contributed by atoms with van der Waals surface area (Å²) in [5.74, 6) is 0. The molecule has 4 nitrogen and oxygen atoms in total. The Morgan fingerprint density at radius 1 is 0.875 bits per heavy atom. The van der Waals surface area contributed by atoms with Gasteiger partial charge < -0.3 is 14.7 Å². The van der Waals surface area contributed by atoms with Gasteiger partial charge in [0.25, 0.3) is 0 Å². The van der Waals surface area contributed by atoms with Gasteiger partial charge in [0.05, 0.1) is 0 Å². The van der Waals surface area contributed by atoms with Crippen LogP contribution in [0.25, 0.3) is 0 Å². The fraction of sp³-hybridized carbons (Fsp3) is 0. The van der Waals surface area contributed by atoms with E-state index < -0.39 is 7.82 Å². The van der Waals surface area contributed by atoms with E-state index in [4.69, 9.17) is 19.2 Å². The van der Waals surface area contributed by atoms with Crippen molar-refractivity contribution in [2.45, 2.75) is 0 Å². The van der Waals surface area contributed by atoms with Crippen LogP contribution in [0, 0.1) is 0 Å². The molecule has 3 N–H and O–H groups in total. The molecule has 0 aromatic carbocycles. The van der Waals surface area contributed by atoms with E-state index in [9.17, 15) is 0 Å².